The molecule has 1 atom stereocenters. The van der Waals surface area contributed by atoms with Crippen LogP contribution in [0.5, 0.6) is 5.75 Å². The summed E-state index contributed by atoms with van der Waals surface area (Å²) in [4.78, 5) is 16.5. The third-order valence-corrected chi connectivity index (χ3v) is 5.27. The van der Waals surface area contributed by atoms with Crippen LogP contribution in [0.4, 0.5) is 18.9 Å². The van der Waals surface area contributed by atoms with Crippen LogP contribution in [0.15, 0.2) is 42.5 Å². The summed E-state index contributed by atoms with van der Waals surface area (Å²) in [5.41, 5.74) is 0.625. The molecule has 1 aliphatic heterocycles. The van der Waals surface area contributed by atoms with E-state index >= 15 is 0 Å². The number of hydrogen-bond acceptors (Lipinski definition) is 5. The van der Waals surface area contributed by atoms with E-state index in [9.17, 15) is 26.7 Å². The molecule has 2 aromatic rings. The molecule has 0 saturated carbocycles. The van der Waals surface area contributed by atoms with Gasteiger partial charge in [0.25, 0.3) is 5.91 Å². The maximum Gasteiger partial charge on any atom is 0.573 e. The van der Waals surface area contributed by atoms with Gasteiger partial charge in [0, 0.05) is 54.6 Å². The number of piperazine rings is 1. The predicted molar refractivity (Wildman–Crippen MR) is 108 cm³/mol. The molecule has 0 aromatic heterocycles. The zero-order valence-electron chi connectivity index (χ0n) is 16.0. The number of alkyl halides is 3. The van der Waals surface area contributed by atoms with Gasteiger partial charge < -0.3 is 18.9 Å². The van der Waals surface area contributed by atoms with Crippen LogP contribution >= 0.6 is 11.6 Å². The lowest BCUT2D eigenvalue weighted by Gasteiger charge is -2.35. The molecule has 0 radical (unpaired) electrons. The summed E-state index contributed by atoms with van der Waals surface area (Å²) in [6, 6.07) is 10.6. The number of ether oxygens (including phenoxy) is 1. The minimum absolute atomic E-state index is 0.0346. The maximum absolute atomic E-state index is 12.8. The van der Waals surface area contributed by atoms with Crippen molar-refractivity contribution in [3.05, 3.63) is 58.6 Å². The summed E-state index contributed by atoms with van der Waals surface area (Å²) < 4.78 is 65.3. The minimum atomic E-state index is -5.05. The highest BCUT2D eigenvalue weighted by Crippen LogP contribution is 2.32. The number of nitrogens with one attached hydrogen (secondary N) is 1. The molecule has 1 fully saturated rings. The number of nitrogens with zero attached hydrogens (tertiary/aromatic N) is 2. The Morgan fingerprint density at radius 1 is 1.13 bits per heavy atom. The van der Waals surface area contributed by atoms with Gasteiger partial charge in [-0.15, -0.1) is 13.2 Å². The van der Waals surface area contributed by atoms with E-state index in [4.69, 9.17) is 11.6 Å². The number of carbonyl (C=O) groups is 1. The number of benzene rings is 2. The van der Waals surface area contributed by atoms with E-state index in [1.165, 1.54) is 11.0 Å². The standard InChI is InChI=1S/C19H19ClF3N3O4S/c20-15-4-1-13(2-5-15)12-25-7-9-26(10-8-25)18(27)14-3-6-16(24-31(28)29)17(11-14)30-19(21,22)23/h1-6,11,24H,7-10,12H2,(H,28,29)/p-1. The van der Waals surface area contributed by atoms with Gasteiger partial charge in [-0.1, -0.05) is 23.7 Å². The molecule has 1 aliphatic rings. The molecule has 3 rings (SSSR count). The Morgan fingerprint density at radius 3 is 2.35 bits per heavy atom. The van der Waals surface area contributed by atoms with Gasteiger partial charge in [-0.2, -0.15) is 0 Å². The van der Waals surface area contributed by atoms with Crippen molar-refractivity contribution in [2.75, 3.05) is 30.9 Å². The predicted octanol–water partition coefficient (Wildman–Crippen LogP) is 3.40. The van der Waals surface area contributed by atoms with Crippen LogP contribution < -0.4 is 9.46 Å². The molecule has 12 heteroatoms. The van der Waals surface area contributed by atoms with Crippen LogP contribution in [0.1, 0.15) is 15.9 Å². The van der Waals surface area contributed by atoms with Crippen LogP contribution in [0.3, 0.4) is 0 Å². The van der Waals surface area contributed by atoms with Crippen molar-refractivity contribution in [3.8, 4) is 5.75 Å². The molecule has 1 unspecified atom stereocenters. The normalized spacial score (nSPS) is 16.1. The Labute approximate surface area is 184 Å². The van der Waals surface area contributed by atoms with Crippen molar-refractivity contribution in [2.24, 2.45) is 0 Å². The lowest BCUT2D eigenvalue weighted by Crippen LogP contribution is -2.48. The van der Waals surface area contributed by atoms with Crippen LogP contribution in [0.25, 0.3) is 0 Å². The Hall–Kier alpha value is -2.34. The van der Waals surface area contributed by atoms with E-state index in [1.807, 2.05) is 16.9 Å². The number of hydrogen-bond donors (Lipinski definition) is 1. The summed E-state index contributed by atoms with van der Waals surface area (Å²) in [6.07, 6.45) is -5.05. The van der Waals surface area contributed by atoms with Crippen molar-refractivity contribution < 1.29 is 31.5 Å². The highest BCUT2D eigenvalue weighted by Gasteiger charge is 2.33. The van der Waals surface area contributed by atoms with E-state index in [0.29, 0.717) is 37.7 Å². The first-order valence-electron chi connectivity index (χ1n) is 9.12. The largest absolute Gasteiger partial charge is 0.755 e. The van der Waals surface area contributed by atoms with Crippen LogP contribution in [0, 0.1) is 0 Å². The van der Waals surface area contributed by atoms with E-state index in [-0.39, 0.29) is 5.56 Å². The van der Waals surface area contributed by atoms with Crippen molar-refractivity contribution in [2.45, 2.75) is 12.9 Å². The van der Waals surface area contributed by atoms with Crippen LogP contribution in [-0.2, 0) is 17.8 Å². The fraction of sp³-hybridized carbons (Fsp3) is 0.316. The smallest absolute Gasteiger partial charge is 0.573 e. The number of amides is 1. The Bertz CT molecular complexity index is 951. The number of carbonyl (C=O) groups excluding carboxylic acids is 1. The van der Waals surface area contributed by atoms with Gasteiger partial charge in [0.15, 0.2) is 5.75 Å². The van der Waals surface area contributed by atoms with Gasteiger partial charge >= 0.3 is 6.36 Å². The van der Waals surface area contributed by atoms with E-state index in [2.05, 4.69) is 9.64 Å². The quantitative estimate of drug-likeness (QED) is 0.646. The van der Waals surface area contributed by atoms with Gasteiger partial charge in [0.1, 0.15) is 0 Å². The summed E-state index contributed by atoms with van der Waals surface area (Å²) in [5.74, 6) is -1.27. The number of anilines is 1. The summed E-state index contributed by atoms with van der Waals surface area (Å²) >= 11 is 3.03. The fourth-order valence-electron chi connectivity index (χ4n) is 3.18. The Kier molecular flexibility index (Phi) is 7.42. The van der Waals surface area contributed by atoms with E-state index < -0.39 is 35.0 Å². The van der Waals surface area contributed by atoms with Crippen molar-refractivity contribution >= 4 is 34.5 Å². The second-order valence-electron chi connectivity index (χ2n) is 6.79. The lowest BCUT2D eigenvalue weighted by atomic mass is 10.1. The minimum Gasteiger partial charge on any atom is -0.755 e. The van der Waals surface area contributed by atoms with Gasteiger partial charge in [-0.05, 0) is 35.9 Å². The summed E-state index contributed by atoms with van der Waals surface area (Å²) in [6.45, 7) is 2.67. The highest BCUT2D eigenvalue weighted by atomic mass is 35.5. The van der Waals surface area contributed by atoms with Crippen LogP contribution in [-0.4, -0.2) is 57.0 Å². The van der Waals surface area contributed by atoms with Gasteiger partial charge in [-0.3, -0.25) is 13.9 Å². The number of rotatable bonds is 6. The molecule has 168 valence electrons. The average Bonchev–Trinajstić information content (AvgIpc) is 2.70. The lowest BCUT2D eigenvalue weighted by molar-refractivity contribution is -0.274. The highest BCUT2D eigenvalue weighted by molar-refractivity contribution is 7.80. The first-order valence-corrected chi connectivity index (χ1v) is 10.6. The van der Waals surface area contributed by atoms with E-state index in [1.54, 1.807) is 12.1 Å². The maximum atomic E-state index is 12.8. The molecule has 1 heterocycles. The molecular weight excluding hydrogens is 459 g/mol. The van der Waals surface area contributed by atoms with E-state index in [0.717, 1.165) is 17.7 Å². The first kappa shape index (κ1) is 23.3. The van der Waals surface area contributed by atoms with Crippen molar-refractivity contribution in [1.82, 2.24) is 9.80 Å². The zero-order valence-corrected chi connectivity index (χ0v) is 17.6. The molecule has 0 aliphatic carbocycles. The van der Waals surface area contributed by atoms with Crippen molar-refractivity contribution in [3.63, 3.8) is 0 Å². The third kappa shape index (κ3) is 6.82. The molecule has 31 heavy (non-hydrogen) atoms. The van der Waals surface area contributed by atoms with Gasteiger partial charge in [-0.25, -0.2) is 0 Å². The van der Waals surface area contributed by atoms with Crippen molar-refractivity contribution in [1.29, 1.82) is 0 Å². The second kappa shape index (κ2) is 9.86. The molecule has 1 amide bonds. The average molecular weight is 477 g/mol. The SMILES string of the molecule is O=C(c1ccc(NS(=O)[O-])c(OC(F)(F)F)c1)N1CCN(Cc2ccc(Cl)cc2)CC1. The van der Waals surface area contributed by atoms with Gasteiger partial charge in [0.05, 0.1) is 5.69 Å². The van der Waals surface area contributed by atoms with Crippen LogP contribution in [0.2, 0.25) is 5.02 Å². The molecule has 0 bridgehead atoms. The summed E-state index contributed by atoms with van der Waals surface area (Å²) in [5, 5.41) is 0.649. The molecular formula is C19H18ClF3N3O4S-. The first-order chi connectivity index (χ1) is 14.6. The topological polar surface area (TPSA) is 84.9 Å². The fourth-order valence-corrected chi connectivity index (χ4v) is 3.65. The Morgan fingerprint density at radius 2 is 1.77 bits per heavy atom. The third-order valence-electron chi connectivity index (χ3n) is 4.63. The second-order valence-corrected chi connectivity index (χ2v) is 7.90. The number of halogens is 4. The molecule has 1 N–H and O–H groups in total. The Balaban J connectivity index is 1.66. The summed E-state index contributed by atoms with van der Waals surface area (Å²) in [7, 11) is 0. The zero-order chi connectivity index (χ0) is 22.6. The molecule has 2 aromatic carbocycles. The molecule has 7 nitrogen and oxygen atoms in total. The molecule has 1 saturated heterocycles. The van der Waals surface area contributed by atoms with Gasteiger partial charge in [0.2, 0.25) is 0 Å². The monoisotopic (exact) mass is 476 g/mol. The molecule has 0 spiro atoms.